The smallest absolute Gasteiger partial charge is 0.416 e. The van der Waals surface area contributed by atoms with Gasteiger partial charge in [-0.1, -0.05) is 55.2 Å². The molecule has 0 aromatic heterocycles. The van der Waals surface area contributed by atoms with Crippen molar-refractivity contribution in [2.45, 2.75) is 38.8 Å². The van der Waals surface area contributed by atoms with Crippen LogP contribution in [0.2, 0.25) is 10.0 Å². The highest BCUT2D eigenvalue weighted by molar-refractivity contribution is 6.34. The van der Waals surface area contributed by atoms with E-state index in [2.05, 4.69) is 15.1 Å². The van der Waals surface area contributed by atoms with Gasteiger partial charge in [0.2, 0.25) is 6.54 Å². The van der Waals surface area contributed by atoms with E-state index < -0.39 is 30.1 Å². The molecule has 1 N–H and O–H groups in total. The Balaban J connectivity index is 1.50. The summed E-state index contributed by atoms with van der Waals surface area (Å²) in [6, 6.07) is 13.3. The number of hydrogen-bond donors (Lipinski definition) is 1. The van der Waals surface area contributed by atoms with Gasteiger partial charge in [-0.25, -0.2) is 16.2 Å². The van der Waals surface area contributed by atoms with Crippen LogP contribution in [0.1, 0.15) is 46.9 Å². The van der Waals surface area contributed by atoms with Gasteiger partial charge in [0.05, 0.1) is 29.8 Å². The predicted molar refractivity (Wildman–Crippen MR) is 187 cm³/mol. The predicted octanol–water partition coefficient (Wildman–Crippen LogP) is 6.25. The van der Waals surface area contributed by atoms with E-state index in [1.165, 1.54) is 18.1 Å². The molecule has 1 unspecified atom stereocenters. The highest BCUT2D eigenvalue weighted by Crippen LogP contribution is 2.39. The van der Waals surface area contributed by atoms with Crippen LogP contribution in [-0.2, 0) is 22.4 Å². The second-order valence-electron chi connectivity index (χ2n) is 11.2. The van der Waals surface area contributed by atoms with E-state index in [4.69, 9.17) is 48.7 Å². The fourth-order valence-electron chi connectivity index (χ4n) is 5.66. The van der Waals surface area contributed by atoms with Gasteiger partial charge in [0.1, 0.15) is 18.7 Å². The van der Waals surface area contributed by atoms with E-state index in [1.54, 1.807) is 49.6 Å². The number of carbonyl (C=O) groups is 3. The van der Waals surface area contributed by atoms with E-state index in [1.807, 2.05) is 19.9 Å². The molecule has 2 atom stereocenters. The van der Waals surface area contributed by atoms with Crippen LogP contribution in [0.3, 0.4) is 0 Å². The summed E-state index contributed by atoms with van der Waals surface area (Å²) in [6.07, 6.45) is -0.0845. The molecule has 13 heteroatoms. The van der Waals surface area contributed by atoms with Crippen LogP contribution in [0.15, 0.2) is 54.6 Å². The number of nitrogens with zero attached hydrogens (tertiary/aromatic N) is 3. The summed E-state index contributed by atoms with van der Waals surface area (Å²) in [5, 5.41) is 3.13. The summed E-state index contributed by atoms with van der Waals surface area (Å²) < 4.78 is 22.2. The molecular formula is C36H40Cl2N4O7. The second kappa shape index (κ2) is 17.8. The first kappa shape index (κ1) is 37.3. The molecule has 0 radical (unpaired) electrons. The lowest BCUT2D eigenvalue weighted by molar-refractivity contribution is -0.146. The maximum atomic E-state index is 13.5. The number of halogens is 2. The third-order valence-electron chi connectivity index (χ3n) is 8.39. The Kier molecular flexibility index (Phi) is 13.5. The molecule has 0 aliphatic carbocycles. The minimum absolute atomic E-state index is 0.0244. The number of fused-ring (bicyclic) bond motifs is 1. The Hall–Kier alpha value is -4.50. The zero-order valence-corrected chi connectivity index (χ0v) is 29.5. The van der Waals surface area contributed by atoms with E-state index in [0.717, 1.165) is 24.2 Å². The fraction of sp³-hybridized carbons (Fsp3) is 0.389. The minimum Gasteiger partial charge on any atom is -0.493 e. The van der Waals surface area contributed by atoms with Gasteiger partial charge in [0.15, 0.2) is 17.2 Å². The van der Waals surface area contributed by atoms with Gasteiger partial charge in [0.25, 0.3) is 5.91 Å². The summed E-state index contributed by atoms with van der Waals surface area (Å²) in [7, 11) is 3.08. The largest absolute Gasteiger partial charge is 0.493 e. The lowest BCUT2D eigenvalue weighted by atomic mass is 9.92. The molecule has 0 fully saturated rings. The Morgan fingerprint density at radius 2 is 1.71 bits per heavy atom. The van der Waals surface area contributed by atoms with Crippen molar-refractivity contribution in [1.29, 1.82) is 0 Å². The number of rotatable bonds is 14. The number of benzene rings is 3. The van der Waals surface area contributed by atoms with Crippen molar-refractivity contribution in [1.82, 2.24) is 15.1 Å². The van der Waals surface area contributed by atoms with Crippen molar-refractivity contribution in [2.24, 2.45) is 0 Å². The molecule has 260 valence electrons. The normalized spacial score (nSPS) is 14.3. The number of methoxy groups -OCH3 is 2. The second-order valence-corrected chi connectivity index (χ2v) is 12.1. The maximum absolute atomic E-state index is 13.5. The van der Waals surface area contributed by atoms with E-state index in [0.29, 0.717) is 36.6 Å². The average Bonchev–Trinajstić information content (AvgIpc) is 3.10. The number of carbonyl (C=O) groups excluding carboxylic acids is 3. The molecule has 0 saturated heterocycles. The Bertz CT molecular complexity index is 1690. The average molecular weight is 712 g/mol. The highest BCUT2D eigenvalue weighted by Gasteiger charge is 2.36. The number of amides is 2. The van der Waals surface area contributed by atoms with Crippen molar-refractivity contribution >= 4 is 41.2 Å². The standard InChI is InChI=1S/C36H40Cl2N4O7/c1-6-41(7-2)16-17-48-35(44)29(40-34(43)25-10-8-9-11-27(25)37)19-23-12-13-31(28(38)18-23)49-36(45)42-15-14-24-20-32(46-4)33(47-5)21-26(24)30(42)22-39-3/h8-13,18,20-21,29-30H,6-7,14-17,19,22H2,1-2,4-5H3,(H,40,43)/t29-,30?/m0/s1. The van der Waals surface area contributed by atoms with Gasteiger partial charge in [-0.2, -0.15) is 0 Å². The summed E-state index contributed by atoms with van der Waals surface area (Å²) in [4.78, 5) is 47.0. The molecule has 3 aromatic carbocycles. The van der Waals surface area contributed by atoms with Gasteiger partial charge in [-0.3, -0.25) is 9.69 Å². The summed E-state index contributed by atoms with van der Waals surface area (Å²) in [5.41, 5.74) is 2.56. The summed E-state index contributed by atoms with van der Waals surface area (Å²) >= 11 is 12.8. The Labute approximate surface area is 296 Å². The van der Waals surface area contributed by atoms with Gasteiger partial charge in [-0.15, -0.1) is 0 Å². The van der Waals surface area contributed by atoms with Crippen LogP contribution in [-0.4, -0.2) is 87.4 Å². The van der Waals surface area contributed by atoms with Crippen LogP contribution < -0.4 is 19.5 Å². The zero-order valence-electron chi connectivity index (χ0n) is 28.0. The van der Waals surface area contributed by atoms with E-state index in [-0.39, 0.29) is 40.9 Å². The number of likely N-dealkylation sites (N-methyl/N-ethyl adjacent to an activating group) is 1. The Morgan fingerprint density at radius 1 is 1.00 bits per heavy atom. The molecule has 1 heterocycles. The zero-order chi connectivity index (χ0) is 35.5. The molecule has 4 rings (SSSR count). The van der Waals surface area contributed by atoms with Crippen LogP contribution >= 0.6 is 23.2 Å². The number of ether oxygens (including phenoxy) is 4. The summed E-state index contributed by atoms with van der Waals surface area (Å²) in [5.74, 6) is 0.0442. The molecular weight excluding hydrogens is 671 g/mol. The molecule has 2 amide bonds. The van der Waals surface area contributed by atoms with Crippen molar-refractivity contribution in [3.63, 3.8) is 0 Å². The lowest BCUT2D eigenvalue weighted by Crippen LogP contribution is -2.44. The first-order valence-electron chi connectivity index (χ1n) is 15.9. The van der Waals surface area contributed by atoms with Crippen LogP contribution in [0.5, 0.6) is 17.2 Å². The van der Waals surface area contributed by atoms with Crippen LogP contribution in [0.4, 0.5) is 4.79 Å². The third kappa shape index (κ3) is 9.35. The van der Waals surface area contributed by atoms with Gasteiger partial charge in [0, 0.05) is 19.5 Å². The first-order valence-corrected chi connectivity index (χ1v) is 16.7. The number of nitrogens with one attached hydrogen (secondary N) is 1. The van der Waals surface area contributed by atoms with Gasteiger partial charge >= 0.3 is 12.1 Å². The van der Waals surface area contributed by atoms with Gasteiger partial charge in [-0.05, 0) is 72.6 Å². The highest BCUT2D eigenvalue weighted by atomic mass is 35.5. The van der Waals surface area contributed by atoms with E-state index >= 15 is 0 Å². The molecule has 1 aliphatic heterocycles. The molecule has 11 nitrogen and oxygen atoms in total. The van der Waals surface area contributed by atoms with Crippen molar-refractivity contribution < 1.29 is 33.3 Å². The summed E-state index contributed by atoms with van der Waals surface area (Å²) in [6.45, 7) is 14.3. The lowest BCUT2D eigenvalue weighted by Gasteiger charge is -2.34. The minimum atomic E-state index is -1.05. The molecule has 49 heavy (non-hydrogen) atoms. The van der Waals surface area contributed by atoms with Crippen molar-refractivity contribution in [3.05, 3.63) is 98.3 Å². The van der Waals surface area contributed by atoms with Crippen LogP contribution in [0.25, 0.3) is 4.85 Å². The first-order chi connectivity index (χ1) is 23.6. The van der Waals surface area contributed by atoms with Gasteiger partial charge < -0.3 is 34.0 Å². The fourth-order valence-corrected chi connectivity index (χ4v) is 6.13. The molecule has 3 aromatic rings. The maximum Gasteiger partial charge on any atom is 0.416 e. The van der Waals surface area contributed by atoms with Crippen molar-refractivity contribution in [2.75, 3.05) is 53.6 Å². The monoisotopic (exact) mass is 710 g/mol. The Morgan fingerprint density at radius 3 is 2.37 bits per heavy atom. The van der Waals surface area contributed by atoms with Crippen LogP contribution in [0, 0.1) is 6.57 Å². The molecule has 0 saturated carbocycles. The van der Waals surface area contributed by atoms with Crippen molar-refractivity contribution in [3.8, 4) is 17.2 Å². The SMILES string of the molecule is [C-]#[N+]CC1c2cc(OC)c(OC)cc2CCN1C(=O)Oc1ccc(C[C@H](NC(=O)c2ccccc2Cl)C(=O)OCCN(CC)CC)cc1Cl. The topological polar surface area (TPSA) is 111 Å². The number of esters is 1. The quantitative estimate of drug-likeness (QED) is 0.154. The molecule has 0 bridgehead atoms. The molecule has 0 spiro atoms. The van der Waals surface area contributed by atoms with E-state index in [9.17, 15) is 14.4 Å². The third-order valence-corrected chi connectivity index (χ3v) is 9.01. The number of hydrogen-bond acceptors (Lipinski definition) is 8. The molecule has 1 aliphatic rings.